The normalized spacial score (nSPS) is 11.1. The van der Waals surface area contributed by atoms with Gasteiger partial charge in [-0.15, -0.1) is 0 Å². The van der Waals surface area contributed by atoms with Crippen molar-refractivity contribution < 1.29 is 7.87 Å². The van der Waals surface area contributed by atoms with Gasteiger partial charge in [0, 0.05) is 0 Å². The molecular formula is C10H21NO2Sn. The second kappa shape index (κ2) is 8.45. The van der Waals surface area contributed by atoms with Crippen LogP contribution in [0.3, 0.4) is 0 Å². The summed E-state index contributed by atoms with van der Waals surface area (Å²) in [6.07, 6.45) is 6.25. The van der Waals surface area contributed by atoms with Gasteiger partial charge in [-0.25, -0.2) is 0 Å². The first-order chi connectivity index (χ1) is 6.74. The van der Waals surface area contributed by atoms with Gasteiger partial charge >= 0.3 is 91.7 Å². The second-order valence-corrected chi connectivity index (χ2v) is 13.6. The van der Waals surface area contributed by atoms with Gasteiger partial charge < -0.3 is 0 Å². The Morgan fingerprint density at radius 1 is 1.21 bits per heavy atom. The first kappa shape index (κ1) is 14.1. The summed E-state index contributed by atoms with van der Waals surface area (Å²) in [5.74, 6) is 0. The molecule has 0 atom stereocenters. The molecule has 0 N–H and O–H groups in total. The van der Waals surface area contributed by atoms with Crippen LogP contribution in [0, 0.1) is 0 Å². The predicted octanol–water partition coefficient (Wildman–Crippen LogP) is 3.01. The van der Waals surface area contributed by atoms with Gasteiger partial charge in [-0.2, -0.15) is 0 Å². The summed E-state index contributed by atoms with van der Waals surface area (Å²) in [4.78, 5) is 10.4. The van der Waals surface area contributed by atoms with Crippen molar-refractivity contribution in [1.29, 1.82) is 0 Å². The Labute approximate surface area is 91.7 Å². The van der Waals surface area contributed by atoms with Crippen LogP contribution in [0.1, 0.15) is 39.5 Å². The van der Waals surface area contributed by atoms with Crippen molar-refractivity contribution in [2.45, 2.75) is 48.4 Å². The second-order valence-electron chi connectivity index (χ2n) is 3.56. The van der Waals surface area contributed by atoms with Gasteiger partial charge in [0.25, 0.3) is 0 Å². The first-order valence-corrected chi connectivity index (χ1v) is 11.9. The zero-order chi connectivity index (χ0) is 10.9. The first-order valence-electron chi connectivity index (χ1n) is 5.39. The molecule has 0 amide bonds. The zero-order valence-corrected chi connectivity index (χ0v) is 12.4. The van der Waals surface area contributed by atoms with E-state index in [0.29, 0.717) is 0 Å². The third-order valence-corrected chi connectivity index (χ3v) is 12.5. The molecule has 0 rings (SSSR count). The van der Waals surface area contributed by atoms with Gasteiger partial charge in [-0.05, 0) is 0 Å². The number of carbonyl (C=O) groups excluding carboxylic acids is 1. The average molecular weight is 306 g/mol. The molecule has 0 aliphatic carbocycles. The summed E-state index contributed by atoms with van der Waals surface area (Å²) in [7, 11) is 1.71. The van der Waals surface area contributed by atoms with Gasteiger partial charge in [0.1, 0.15) is 0 Å². The monoisotopic (exact) mass is 307 g/mol. The molecule has 0 heterocycles. The Bertz CT molecular complexity index is 183. The predicted molar refractivity (Wildman–Crippen MR) is 60.3 cm³/mol. The summed E-state index contributed by atoms with van der Waals surface area (Å²) in [6.45, 7) is 4.30. The summed E-state index contributed by atoms with van der Waals surface area (Å²) < 4.78 is 11.6. The Kier molecular flexibility index (Phi) is 8.53. The molecule has 0 aliphatic rings. The van der Waals surface area contributed by atoms with Gasteiger partial charge in [0.05, 0.1) is 0 Å². The third kappa shape index (κ3) is 5.13. The van der Waals surface area contributed by atoms with Crippen LogP contribution in [0.15, 0.2) is 3.21 Å². The van der Waals surface area contributed by atoms with E-state index < -0.39 is 19.1 Å². The number of nitrogens with zero attached hydrogens (tertiary/aromatic N) is 1. The average Bonchev–Trinajstić information content (AvgIpc) is 2.22. The van der Waals surface area contributed by atoms with E-state index in [1.165, 1.54) is 0 Å². The van der Waals surface area contributed by atoms with Gasteiger partial charge in [-0.3, -0.25) is 0 Å². The molecule has 4 heteroatoms. The van der Waals surface area contributed by atoms with E-state index in [4.69, 9.17) is 3.07 Å². The molecule has 0 radical (unpaired) electrons. The van der Waals surface area contributed by atoms with E-state index in [1.807, 2.05) is 0 Å². The minimum absolute atomic E-state index is 1.02. The maximum absolute atomic E-state index is 10.4. The van der Waals surface area contributed by atoms with Gasteiger partial charge in [0.2, 0.25) is 0 Å². The number of rotatable bonds is 8. The molecule has 14 heavy (non-hydrogen) atoms. The Balaban J connectivity index is 4.34. The number of hydrogen-bond acceptors (Lipinski definition) is 3. The number of hydrogen-bond donors (Lipinski definition) is 0. The molecule has 0 saturated carbocycles. The van der Waals surface area contributed by atoms with E-state index in [2.05, 4.69) is 17.1 Å². The van der Waals surface area contributed by atoms with Crippen LogP contribution in [0.4, 0.5) is 0 Å². The van der Waals surface area contributed by atoms with E-state index >= 15 is 0 Å². The molecule has 0 aromatic heterocycles. The van der Waals surface area contributed by atoms with Crippen LogP contribution >= 0.6 is 0 Å². The summed E-state index contributed by atoms with van der Waals surface area (Å²) in [6, 6.07) is 0. The van der Waals surface area contributed by atoms with Crippen molar-refractivity contribution in [2.75, 3.05) is 7.11 Å². The molecule has 0 aliphatic heterocycles. The molecule has 0 spiro atoms. The summed E-state index contributed by atoms with van der Waals surface area (Å²) in [5.41, 5.74) is 0. The Morgan fingerprint density at radius 2 is 1.71 bits per heavy atom. The molecule has 0 saturated heterocycles. The zero-order valence-electron chi connectivity index (χ0n) is 9.51. The van der Waals surface area contributed by atoms with Crippen molar-refractivity contribution in [2.24, 2.45) is 3.21 Å². The van der Waals surface area contributed by atoms with Crippen LogP contribution in [-0.4, -0.2) is 32.3 Å². The summed E-state index contributed by atoms with van der Waals surface area (Å²) in [5, 5.41) is 0. The van der Waals surface area contributed by atoms with Crippen LogP contribution in [-0.2, 0) is 7.87 Å². The van der Waals surface area contributed by atoms with E-state index in [1.54, 1.807) is 13.2 Å². The van der Waals surface area contributed by atoms with E-state index in [0.717, 1.165) is 34.6 Å². The fraction of sp³-hybridized carbons (Fsp3) is 0.900. The molecular weight excluding hydrogens is 285 g/mol. The van der Waals surface area contributed by atoms with Crippen molar-refractivity contribution in [3.63, 3.8) is 0 Å². The van der Waals surface area contributed by atoms with Crippen LogP contribution < -0.4 is 0 Å². The molecule has 0 aromatic rings. The van der Waals surface area contributed by atoms with Crippen molar-refractivity contribution >= 4 is 25.1 Å². The van der Waals surface area contributed by atoms with Crippen molar-refractivity contribution in [1.82, 2.24) is 0 Å². The molecule has 0 unspecified atom stereocenters. The Hall–Kier alpha value is 0.139. The van der Waals surface area contributed by atoms with Crippen molar-refractivity contribution in [3.05, 3.63) is 0 Å². The number of isocyanates is 1. The van der Waals surface area contributed by atoms with Crippen LogP contribution in [0.2, 0.25) is 8.87 Å². The Morgan fingerprint density at radius 3 is 2.00 bits per heavy atom. The fourth-order valence-electron chi connectivity index (χ4n) is 1.48. The molecule has 3 nitrogen and oxygen atoms in total. The third-order valence-electron chi connectivity index (χ3n) is 2.47. The number of unbranched alkanes of at least 4 members (excludes halogenated alkanes) is 2. The van der Waals surface area contributed by atoms with Crippen molar-refractivity contribution in [3.8, 4) is 0 Å². The van der Waals surface area contributed by atoms with Crippen LogP contribution in [0.5, 0.6) is 0 Å². The maximum atomic E-state index is 10.4. The molecule has 0 aromatic carbocycles. The standard InChI is InChI=1S/2C4H9.CNO.CH3O.Sn/c2*1-3-4-2;2-1-3;1-2;/h2*1,3-4H2,2H3;;1H3;/q;;2*-1;+2. The van der Waals surface area contributed by atoms with Crippen LogP contribution in [0.25, 0.3) is 0 Å². The summed E-state index contributed by atoms with van der Waals surface area (Å²) >= 11 is -2.88. The molecule has 82 valence electrons. The molecule has 0 bridgehead atoms. The van der Waals surface area contributed by atoms with E-state index in [-0.39, 0.29) is 0 Å². The fourth-order valence-corrected chi connectivity index (χ4v) is 9.90. The SMILES string of the molecule is CCC[CH2][Sn]([CH2]CCC)([N]=C=O)[O]C. The minimum atomic E-state index is -2.88. The molecule has 0 fully saturated rings. The van der Waals surface area contributed by atoms with E-state index in [9.17, 15) is 4.79 Å². The topological polar surface area (TPSA) is 38.7 Å². The van der Waals surface area contributed by atoms with Gasteiger partial charge in [-0.1, -0.05) is 0 Å². The van der Waals surface area contributed by atoms with Gasteiger partial charge in [0.15, 0.2) is 0 Å². The quantitative estimate of drug-likeness (QED) is 0.393.